The molecule has 0 aliphatic carbocycles. The minimum absolute atomic E-state index is 0.0804. The Morgan fingerprint density at radius 1 is 1.10 bits per heavy atom. The third-order valence-corrected chi connectivity index (χ3v) is 3.56. The lowest BCUT2D eigenvalue weighted by atomic mass is 10.1. The molecule has 0 fully saturated rings. The summed E-state index contributed by atoms with van der Waals surface area (Å²) in [7, 11) is 0. The van der Waals surface area contributed by atoms with Gasteiger partial charge in [-0.1, -0.05) is 46.1 Å². The molecule has 0 amide bonds. The van der Waals surface area contributed by atoms with E-state index in [0.717, 1.165) is 16.8 Å². The van der Waals surface area contributed by atoms with Crippen molar-refractivity contribution >= 4 is 15.9 Å². The maximum absolute atomic E-state index is 5.83. The van der Waals surface area contributed by atoms with Crippen LogP contribution in [-0.4, -0.2) is 19.2 Å². The summed E-state index contributed by atoms with van der Waals surface area (Å²) in [6.45, 7) is 3.32. The SMILES string of the molecule is C#CCNCC(C)Oc1ccc(-c2ccc(Br)cc2)cc1. The first-order valence-corrected chi connectivity index (χ1v) is 7.65. The zero-order chi connectivity index (χ0) is 15.1. The number of halogens is 1. The zero-order valence-electron chi connectivity index (χ0n) is 12.0. The van der Waals surface area contributed by atoms with E-state index in [1.807, 2.05) is 31.2 Å². The van der Waals surface area contributed by atoms with E-state index in [1.165, 1.54) is 11.1 Å². The molecule has 1 atom stereocenters. The van der Waals surface area contributed by atoms with E-state index in [4.69, 9.17) is 11.2 Å². The Labute approximate surface area is 134 Å². The van der Waals surface area contributed by atoms with Gasteiger partial charge in [-0.05, 0) is 42.3 Å². The van der Waals surface area contributed by atoms with E-state index < -0.39 is 0 Å². The van der Waals surface area contributed by atoms with Gasteiger partial charge >= 0.3 is 0 Å². The fourth-order valence-corrected chi connectivity index (χ4v) is 2.25. The summed E-state index contributed by atoms with van der Waals surface area (Å²) in [5, 5.41) is 3.13. The van der Waals surface area contributed by atoms with Gasteiger partial charge in [0, 0.05) is 11.0 Å². The van der Waals surface area contributed by atoms with Crippen molar-refractivity contribution in [3.63, 3.8) is 0 Å². The Balaban J connectivity index is 1.96. The highest BCUT2D eigenvalue weighted by Crippen LogP contribution is 2.24. The van der Waals surface area contributed by atoms with Crippen molar-refractivity contribution in [2.75, 3.05) is 13.1 Å². The highest BCUT2D eigenvalue weighted by atomic mass is 79.9. The Morgan fingerprint density at radius 2 is 1.67 bits per heavy atom. The molecule has 0 radical (unpaired) electrons. The molecule has 0 aliphatic rings. The maximum Gasteiger partial charge on any atom is 0.119 e. The van der Waals surface area contributed by atoms with Gasteiger partial charge in [-0.15, -0.1) is 6.42 Å². The molecule has 0 saturated carbocycles. The van der Waals surface area contributed by atoms with E-state index in [-0.39, 0.29) is 6.10 Å². The molecule has 2 nitrogen and oxygen atoms in total. The standard InChI is InChI=1S/C18H18BrNO/c1-3-12-20-13-14(2)21-18-10-6-16(7-11-18)15-4-8-17(19)9-5-15/h1,4-11,14,20H,12-13H2,2H3. The molecule has 2 rings (SSSR count). The first kappa shape index (κ1) is 15.6. The van der Waals surface area contributed by atoms with Crippen LogP contribution >= 0.6 is 15.9 Å². The molecular weight excluding hydrogens is 326 g/mol. The number of rotatable bonds is 6. The van der Waals surface area contributed by atoms with Crippen LogP contribution < -0.4 is 10.1 Å². The fraction of sp³-hybridized carbons (Fsp3) is 0.222. The molecule has 1 N–H and O–H groups in total. The van der Waals surface area contributed by atoms with Crippen LogP contribution in [0.1, 0.15) is 6.92 Å². The lowest BCUT2D eigenvalue weighted by Crippen LogP contribution is -2.29. The van der Waals surface area contributed by atoms with Crippen molar-refractivity contribution < 1.29 is 4.74 Å². The summed E-state index contributed by atoms with van der Waals surface area (Å²) < 4.78 is 6.92. The molecule has 0 bridgehead atoms. The molecule has 0 aliphatic heterocycles. The van der Waals surface area contributed by atoms with Gasteiger partial charge in [0.15, 0.2) is 0 Å². The van der Waals surface area contributed by atoms with Crippen molar-refractivity contribution in [1.82, 2.24) is 5.32 Å². The summed E-state index contributed by atoms with van der Waals surface area (Å²) in [4.78, 5) is 0. The van der Waals surface area contributed by atoms with Crippen molar-refractivity contribution in [2.45, 2.75) is 13.0 Å². The average molecular weight is 344 g/mol. The molecule has 108 valence electrons. The van der Waals surface area contributed by atoms with Gasteiger partial charge in [-0.25, -0.2) is 0 Å². The Morgan fingerprint density at radius 3 is 2.24 bits per heavy atom. The first-order valence-electron chi connectivity index (χ1n) is 6.86. The van der Waals surface area contributed by atoms with E-state index in [2.05, 4.69) is 51.4 Å². The average Bonchev–Trinajstić information content (AvgIpc) is 2.49. The number of benzene rings is 2. The van der Waals surface area contributed by atoms with Crippen molar-refractivity contribution in [2.24, 2.45) is 0 Å². The molecule has 0 heterocycles. The van der Waals surface area contributed by atoms with Gasteiger partial charge in [0.2, 0.25) is 0 Å². The van der Waals surface area contributed by atoms with E-state index in [1.54, 1.807) is 0 Å². The molecule has 2 aromatic carbocycles. The molecular formula is C18H18BrNO. The second kappa shape index (κ2) is 7.87. The topological polar surface area (TPSA) is 21.3 Å². The van der Waals surface area contributed by atoms with Crippen LogP contribution in [0, 0.1) is 12.3 Å². The van der Waals surface area contributed by atoms with Crippen molar-refractivity contribution in [1.29, 1.82) is 0 Å². The van der Waals surface area contributed by atoms with E-state index in [9.17, 15) is 0 Å². The lowest BCUT2D eigenvalue weighted by molar-refractivity contribution is 0.219. The fourth-order valence-electron chi connectivity index (χ4n) is 1.99. The molecule has 3 heteroatoms. The molecule has 0 saturated heterocycles. The molecule has 21 heavy (non-hydrogen) atoms. The highest BCUT2D eigenvalue weighted by Gasteiger charge is 2.04. The summed E-state index contributed by atoms with van der Waals surface area (Å²) >= 11 is 3.44. The minimum Gasteiger partial charge on any atom is -0.489 e. The van der Waals surface area contributed by atoms with Crippen LogP contribution in [0.15, 0.2) is 53.0 Å². The van der Waals surface area contributed by atoms with Gasteiger partial charge in [0.05, 0.1) is 6.54 Å². The largest absolute Gasteiger partial charge is 0.489 e. The summed E-state index contributed by atoms with van der Waals surface area (Å²) in [6, 6.07) is 16.4. The predicted molar refractivity (Wildman–Crippen MR) is 91.4 cm³/mol. The third-order valence-electron chi connectivity index (χ3n) is 3.03. The number of terminal acetylenes is 1. The predicted octanol–water partition coefficient (Wildman–Crippen LogP) is 4.11. The zero-order valence-corrected chi connectivity index (χ0v) is 13.6. The van der Waals surface area contributed by atoms with Gasteiger partial charge in [-0.2, -0.15) is 0 Å². The smallest absolute Gasteiger partial charge is 0.119 e. The molecule has 0 spiro atoms. The van der Waals surface area contributed by atoms with Crippen LogP contribution in [0.25, 0.3) is 11.1 Å². The van der Waals surface area contributed by atoms with Crippen LogP contribution in [-0.2, 0) is 0 Å². The van der Waals surface area contributed by atoms with Gasteiger partial charge in [0.1, 0.15) is 11.9 Å². The van der Waals surface area contributed by atoms with Gasteiger partial charge < -0.3 is 10.1 Å². The molecule has 1 unspecified atom stereocenters. The number of hydrogen-bond donors (Lipinski definition) is 1. The van der Waals surface area contributed by atoms with Crippen molar-refractivity contribution in [3.8, 4) is 29.2 Å². The van der Waals surface area contributed by atoms with Crippen LogP contribution in [0.5, 0.6) is 5.75 Å². The first-order chi connectivity index (χ1) is 10.2. The summed E-state index contributed by atoms with van der Waals surface area (Å²) in [5.74, 6) is 3.41. The summed E-state index contributed by atoms with van der Waals surface area (Å²) in [6.07, 6.45) is 5.27. The Bertz CT molecular complexity index is 599. The number of ether oxygens (including phenoxy) is 1. The van der Waals surface area contributed by atoms with Crippen LogP contribution in [0.3, 0.4) is 0 Å². The Kier molecular flexibility index (Phi) is 5.86. The normalized spacial score (nSPS) is 11.7. The number of hydrogen-bond acceptors (Lipinski definition) is 2. The monoisotopic (exact) mass is 343 g/mol. The third kappa shape index (κ3) is 4.93. The molecule has 2 aromatic rings. The number of nitrogens with one attached hydrogen (secondary N) is 1. The molecule has 0 aromatic heterocycles. The second-order valence-electron chi connectivity index (χ2n) is 4.79. The minimum atomic E-state index is 0.0804. The highest BCUT2D eigenvalue weighted by molar-refractivity contribution is 9.10. The second-order valence-corrected chi connectivity index (χ2v) is 5.71. The quantitative estimate of drug-likeness (QED) is 0.629. The summed E-state index contributed by atoms with van der Waals surface area (Å²) in [5.41, 5.74) is 2.36. The van der Waals surface area contributed by atoms with Gasteiger partial charge in [0.25, 0.3) is 0 Å². The lowest BCUT2D eigenvalue weighted by Gasteiger charge is -2.15. The van der Waals surface area contributed by atoms with Crippen LogP contribution in [0.2, 0.25) is 0 Å². The Hall–Kier alpha value is -1.76. The van der Waals surface area contributed by atoms with E-state index in [0.29, 0.717) is 6.54 Å². The van der Waals surface area contributed by atoms with E-state index >= 15 is 0 Å². The van der Waals surface area contributed by atoms with Crippen molar-refractivity contribution in [3.05, 3.63) is 53.0 Å². The maximum atomic E-state index is 5.83. The van der Waals surface area contributed by atoms with Gasteiger partial charge in [-0.3, -0.25) is 0 Å². The van der Waals surface area contributed by atoms with Crippen LogP contribution in [0.4, 0.5) is 0 Å².